The van der Waals surface area contributed by atoms with Crippen LogP contribution in [0.2, 0.25) is 0 Å². The van der Waals surface area contributed by atoms with Crippen molar-refractivity contribution in [3.63, 3.8) is 0 Å². The van der Waals surface area contributed by atoms with Crippen LogP contribution in [0.5, 0.6) is 0 Å². The Balaban J connectivity index is 3.10. The zero-order chi connectivity index (χ0) is 27.9. The lowest BCUT2D eigenvalue weighted by Gasteiger charge is -2.42. The van der Waals surface area contributed by atoms with E-state index >= 15 is 0 Å². The molecule has 0 aliphatic rings. The Bertz CT molecular complexity index is 968. The van der Waals surface area contributed by atoms with Gasteiger partial charge in [-0.2, -0.15) is 0 Å². The molecule has 0 bridgehead atoms. The number of hydrogen-bond acceptors (Lipinski definition) is 2. The zero-order valence-electron chi connectivity index (χ0n) is 25.1. The number of hydrogen-bond donors (Lipinski definition) is 1. The van der Waals surface area contributed by atoms with Crippen molar-refractivity contribution < 1.29 is 9.42 Å². The molecule has 2 aromatic carbocycles. The Kier molecular flexibility index (Phi) is 9.29. The van der Waals surface area contributed by atoms with E-state index in [1.165, 1.54) is 22.3 Å². The molecule has 0 fully saturated rings. The Morgan fingerprint density at radius 3 is 1.25 bits per heavy atom. The Labute approximate surface area is 227 Å². The molecule has 0 saturated heterocycles. The summed E-state index contributed by atoms with van der Waals surface area (Å²) in [6.45, 7) is 29.2. The van der Waals surface area contributed by atoms with Crippen molar-refractivity contribution in [1.82, 2.24) is 0 Å². The molecule has 1 unspecified atom stereocenters. The lowest BCUT2D eigenvalue weighted by Crippen LogP contribution is -2.36. The molecule has 0 aliphatic heterocycles. The normalized spacial score (nSPS) is 14.8. The van der Waals surface area contributed by atoms with Gasteiger partial charge in [-0.15, -0.1) is 0 Å². The molecule has 0 aliphatic carbocycles. The van der Waals surface area contributed by atoms with Gasteiger partial charge in [-0.3, -0.25) is 0 Å². The van der Waals surface area contributed by atoms with E-state index in [0.29, 0.717) is 0 Å². The largest absolute Gasteiger partial charge is 0.338 e. The predicted octanol–water partition coefficient (Wildman–Crippen LogP) is 10.4. The van der Waals surface area contributed by atoms with Gasteiger partial charge in [0.05, 0.1) is 0 Å². The third-order valence-electron chi connectivity index (χ3n) is 7.09. The quantitative estimate of drug-likeness (QED) is 0.375. The van der Waals surface area contributed by atoms with Crippen LogP contribution in [0.15, 0.2) is 36.4 Å². The molecule has 0 amide bonds. The Hall–Kier alpha value is -0.920. The van der Waals surface area contributed by atoms with Gasteiger partial charge in [-0.1, -0.05) is 133 Å². The Morgan fingerprint density at radius 2 is 1.00 bits per heavy atom. The standard InChI is InChI=1S/C32H50ClO2P/c1-14-19-32(35-36(33)34,24-17-15-22(28(2,3)4)20-26(24)30(8,9)10)25-18-16-23(29(5,6)7)21-27(25)31(11,12)13/h15-18,20-21,34H,14,19H2,1-13H3. The van der Waals surface area contributed by atoms with Crippen molar-refractivity contribution in [2.45, 2.75) is 130 Å². The van der Waals surface area contributed by atoms with Gasteiger partial charge in [0.15, 0.2) is 0 Å². The fourth-order valence-electron chi connectivity index (χ4n) is 5.01. The molecule has 2 nitrogen and oxygen atoms in total. The maximum atomic E-state index is 10.6. The van der Waals surface area contributed by atoms with Gasteiger partial charge < -0.3 is 9.42 Å². The summed E-state index contributed by atoms with van der Waals surface area (Å²) in [6.07, 6.45) is 1.60. The lowest BCUT2D eigenvalue weighted by atomic mass is 9.68. The first-order valence-corrected chi connectivity index (χ1v) is 15.4. The molecular formula is C32H50ClO2P. The SMILES string of the molecule is CCCC(OP(O)Cl)(c1ccc(C(C)(C)C)cc1C(C)(C)C)c1ccc(C(C)(C)C)cc1C(C)(C)C. The third kappa shape index (κ3) is 6.93. The average molecular weight is 533 g/mol. The molecular weight excluding hydrogens is 483 g/mol. The summed E-state index contributed by atoms with van der Waals surface area (Å²) in [6, 6.07) is 13.6. The smallest absolute Gasteiger partial charge is 0.275 e. The van der Waals surface area contributed by atoms with Crippen LogP contribution < -0.4 is 0 Å². The molecule has 2 aromatic rings. The number of benzene rings is 2. The van der Waals surface area contributed by atoms with Gasteiger partial charge in [0.1, 0.15) is 5.60 Å². The number of rotatable bonds is 6. The van der Waals surface area contributed by atoms with E-state index in [1.807, 2.05) is 0 Å². The fraction of sp³-hybridized carbons (Fsp3) is 0.625. The van der Waals surface area contributed by atoms with Gasteiger partial charge in [0.2, 0.25) is 0 Å². The minimum atomic E-state index is -2.13. The molecule has 4 heteroatoms. The van der Waals surface area contributed by atoms with Crippen LogP contribution in [-0.2, 0) is 31.8 Å². The van der Waals surface area contributed by atoms with Crippen LogP contribution in [0.1, 0.15) is 136 Å². The molecule has 0 aromatic heterocycles. The van der Waals surface area contributed by atoms with E-state index in [1.54, 1.807) is 0 Å². The van der Waals surface area contributed by atoms with Crippen molar-refractivity contribution in [2.24, 2.45) is 0 Å². The molecule has 2 rings (SSSR count). The Morgan fingerprint density at radius 1 is 0.639 bits per heavy atom. The molecule has 0 radical (unpaired) electrons. The highest BCUT2D eigenvalue weighted by molar-refractivity contribution is 7.75. The summed E-state index contributed by atoms with van der Waals surface area (Å²) < 4.78 is 6.56. The molecule has 0 heterocycles. The molecule has 0 saturated carbocycles. The average Bonchev–Trinajstić information content (AvgIpc) is 2.69. The van der Waals surface area contributed by atoms with Gasteiger partial charge in [0, 0.05) is 0 Å². The van der Waals surface area contributed by atoms with E-state index in [9.17, 15) is 4.89 Å². The first-order valence-electron chi connectivity index (χ1n) is 13.3. The van der Waals surface area contributed by atoms with Crippen molar-refractivity contribution in [3.8, 4) is 0 Å². The molecule has 1 atom stereocenters. The van der Waals surface area contributed by atoms with Crippen LogP contribution >= 0.6 is 19.0 Å². The summed E-state index contributed by atoms with van der Waals surface area (Å²) >= 11 is 6.34. The summed E-state index contributed by atoms with van der Waals surface area (Å²) in [5, 5.41) is 0. The zero-order valence-corrected chi connectivity index (χ0v) is 26.7. The van der Waals surface area contributed by atoms with Gasteiger partial charge in [-0.25, -0.2) is 0 Å². The molecule has 0 spiro atoms. The van der Waals surface area contributed by atoms with E-state index in [4.69, 9.17) is 15.8 Å². The molecule has 1 N–H and O–H groups in total. The maximum Gasteiger partial charge on any atom is 0.275 e. The summed E-state index contributed by atoms with van der Waals surface area (Å²) in [5.74, 6) is 0. The van der Waals surface area contributed by atoms with Crippen molar-refractivity contribution in [1.29, 1.82) is 0 Å². The first kappa shape index (κ1) is 31.3. The third-order valence-corrected chi connectivity index (χ3v) is 7.76. The second-order valence-corrected chi connectivity index (χ2v) is 15.9. The topological polar surface area (TPSA) is 29.5 Å². The monoisotopic (exact) mass is 532 g/mol. The lowest BCUT2D eigenvalue weighted by molar-refractivity contribution is 0.102. The highest BCUT2D eigenvalue weighted by atomic mass is 35.7. The van der Waals surface area contributed by atoms with Crippen LogP contribution in [0, 0.1) is 0 Å². The second kappa shape index (κ2) is 10.7. The molecule has 202 valence electrons. The predicted molar refractivity (Wildman–Crippen MR) is 159 cm³/mol. The summed E-state index contributed by atoms with van der Waals surface area (Å²) in [5.41, 5.74) is 6.16. The van der Waals surface area contributed by atoms with E-state index in [0.717, 1.165) is 24.0 Å². The van der Waals surface area contributed by atoms with Gasteiger partial charge in [0.25, 0.3) is 7.73 Å². The van der Waals surface area contributed by atoms with E-state index in [-0.39, 0.29) is 21.7 Å². The second-order valence-electron chi connectivity index (χ2n) is 14.4. The number of halogens is 1. The maximum absolute atomic E-state index is 10.6. The highest BCUT2D eigenvalue weighted by Gasteiger charge is 2.44. The van der Waals surface area contributed by atoms with Gasteiger partial charge >= 0.3 is 0 Å². The summed E-state index contributed by atoms with van der Waals surface area (Å²) in [4.78, 5) is 10.6. The van der Waals surface area contributed by atoms with Crippen LogP contribution in [0.4, 0.5) is 0 Å². The van der Waals surface area contributed by atoms with E-state index in [2.05, 4.69) is 126 Å². The first-order chi connectivity index (χ1) is 16.1. The van der Waals surface area contributed by atoms with Crippen molar-refractivity contribution in [2.75, 3.05) is 0 Å². The summed E-state index contributed by atoms with van der Waals surface area (Å²) in [7, 11) is -2.13. The van der Waals surface area contributed by atoms with Crippen LogP contribution in [0.25, 0.3) is 0 Å². The highest BCUT2D eigenvalue weighted by Crippen LogP contribution is 2.55. The minimum absolute atomic E-state index is 0.0216. The van der Waals surface area contributed by atoms with Crippen LogP contribution in [-0.4, -0.2) is 4.89 Å². The van der Waals surface area contributed by atoms with E-state index < -0.39 is 13.3 Å². The van der Waals surface area contributed by atoms with Crippen molar-refractivity contribution in [3.05, 3.63) is 69.8 Å². The van der Waals surface area contributed by atoms with Crippen molar-refractivity contribution >= 4 is 19.0 Å². The minimum Gasteiger partial charge on any atom is -0.338 e. The van der Waals surface area contributed by atoms with Crippen LogP contribution in [0.3, 0.4) is 0 Å². The fourth-order valence-corrected chi connectivity index (χ4v) is 5.90. The molecule has 36 heavy (non-hydrogen) atoms. The van der Waals surface area contributed by atoms with Gasteiger partial charge in [-0.05, 0) is 72.7 Å².